The van der Waals surface area contributed by atoms with Crippen LogP contribution in [0.15, 0.2) is 131 Å². The molecule has 0 aliphatic heterocycles. The van der Waals surface area contributed by atoms with Crippen molar-refractivity contribution < 1.29 is 86.3 Å². The number of anilines is 1. The number of carboxylic acids is 1. The molecule has 38 heteroatoms. The first-order valence-electron chi connectivity index (χ1n) is 35.5. The van der Waals surface area contributed by atoms with Gasteiger partial charge in [-0.3, -0.25) is 33.8 Å². The van der Waals surface area contributed by atoms with E-state index in [2.05, 4.69) is 77.4 Å². The van der Waals surface area contributed by atoms with Gasteiger partial charge in [-0.25, -0.2) is 33.8 Å². The Bertz CT molecular complexity index is 5250. The molecule has 5 aromatic heterocycles. The number of fused-ring (bicyclic) bond motifs is 5. The summed E-state index contributed by atoms with van der Waals surface area (Å²) in [7, 11) is 0. The van der Waals surface area contributed by atoms with Crippen LogP contribution in [-0.4, -0.2) is 183 Å². The number of carbonyl (C=O) groups excluding carboxylic acids is 11. The second kappa shape index (κ2) is 41.0. The number of nitrogens with two attached hydrogens (primary N) is 5. The largest absolute Gasteiger partial charge is 0.477 e. The van der Waals surface area contributed by atoms with Crippen molar-refractivity contribution in [3.05, 3.63) is 172 Å². The van der Waals surface area contributed by atoms with Gasteiger partial charge in [0.15, 0.2) is 17.7 Å². The Balaban J connectivity index is 0.000000237. The van der Waals surface area contributed by atoms with Crippen LogP contribution in [0, 0.1) is 0 Å². The highest BCUT2D eigenvalue weighted by Gasteiger charge is 2.22. The molecule has 10 aromatic rings. The number of esters is 2. The van der Waals surface area contributed by atoms with Gasteiger partial charge in [0.05, 0.1) is 39.8 Å². The number of ether oxygens (including phenoxy) is 5. The molecule has 0 saturated carbocycles. The first-order valence-corrected chi connectivity index (χ1v) is 35.5. The number of amides is 8. The van der Waals surface area contributed by atoms with Crippen molar-refractivity contribution in [2.24, 2.45) is 38.7 Å². The van der Waals surface area contributed by atoms with E-state index in [9.17, 15) is 57.5 Å². The Morgan fingerprint density at radius 1 is 0.400 bits per heavy atom. The molecule has 612 valence electrons. The van der Waals surface area contributed by atoms with E-state index >= 15 is 0 Å². The lowest BCUT2D eigenvalue weighted by molar-refractivity contribution is 0.0509. The molecule has 38 nitrogen and oxygen atoms in total. The SMILES string of the molecule is CC(C)(C)OC(=O)NCN.CC(C)(C)OC(=O)NCNC(=O)c1ccc2[nH]c(C(=O)O)cc2c1.CCOC(=O)c1cc2cc(C(=O)NCNC(=O)OC(C)(C)C)ccc2[nH]1.CCOC(=O)c1cc2cc(C(C)=O)ccc2[nH]1.NC(N)=NCCNC(=O)c1cc2ccc(NC(=O)c3cc4cc(C(=O)NCN=C(N)N)ccc4[nH]3)cc2[nH]1. The zero-order chi connectivity index (χ0) is 85.1. The number of nitrogens with one attached hydrogen (secondary N) is 13. The molecule has 0 saturated heterocycles. The van der Waals surface area contributed by atoms with Crippen LogP contribution in [0.5, 0.6) is 0 Å². The molecule has 0 fully saturated rings. The van der Waals surface area contributed by atoms with Crippen LogP contribution in [0.2, 0.25) is 0 Å². The molecule has 0 atom stereocenters. The summed E-state index contributed by atoms with van der Waals surface area (Å²) in [5.41, 5.74) is 31.7. The van der Waals surface area contributed by atoms with Gasteiger partial charge in [0.1, 0.15) is 51.9 Å². The highest BCUT2D eigenvalue weighted by molar-refractivity contribution is 6.09. The Morgan fingerprint density at radius 2 is 0.774 bits per heavy atom. The van der Waals surface area contributed by atoms with Crippen LogP contribution in [0.1, 0.15) is 177 Å². The van der Waals surface area contributed by atoms with Crippen LogP contribution >= 0.6 is 0 Å². The summed E-state index contributed by atoms with van der Waals surface area (Å²) in [6, 6.07) is 33.4. The van der Waals surface area contributed by atoms with E-state index in [4.69, 9.17) is 57.5 Å². The predicted octanol–water partition coefficient (Wildman–Crippen LogP) is 7.47. The van der Waals surface area contributed by atoms with Crippen LogP contribution < -0.4 is 71.2 Å². The number of hydrogen-bond donors (Lipinski definition) is 19. The van der Waals surface area contributed by atoms with Crippen LogP contribution in [0.3, 0.4) is 0 Å². The normalized spacial score (nSPS) is 10.8. The molecule has 0 bridgehead atoms. The van der Waals surface area contributed by atoms with Gasteiger partial charge >= 0.3 is 36.2 Å². The highest BCUT2D eigenvalue weighted by atomic mass is 16.6. The molecule has 0 unspecified atom stereocenters. The number of rotatable bonds is 22. The molecule has 0 aliphatic carbocycles. The van der Waals surface area contributed by atoms with E-state index in [1.54, 1.807) is 191 Å². The summed E-state index contributed by atoms with van der Waals surface area (Å²) in [5, 5.41) is 33.0. The number of ketones is 1. The Hall–Kier alpha value is -14.5. The van der Waals surface area contributed by atoms with Gasteiger partial charge < -0.3 is 125 Å². The molecule has 10 rings (SSSR count). The lowest BCUT2D eigenvalue weighted by atomic mass is 10.1. The third kappa shape index (κ3) is 29.4. The lowest BCUT2D eigenvalue weighted by Crippen LogP contribution is -2.40. The summed E-state index contributed by atoms with van der Waals surface area (Å²) >= 11 is 0. The van der Waals surface area contributed by atoms with Gasteiger partial charge in [0.25, 0.3) is 29.5 Å². The molecule has 0 aliphatic rings. The van der Waals surface area contributed by atoms with Crippen molar-refractivity contribution >= 4 is 144 Å². The van der Waals surface area contributed by atoms with Crippen LogP contribution in [0.25, 0.3) is 54.5 Å². The van der Waals surface area contributed by atoms with Gasteiger partial charge in [-0.1, -0.05) is 6.07 Å². The zero-order valence-corrected chi connectivity index (χ0v) is 65.4. The maximum Gasteiger partial charge on any atom is 0.409 e. The topological polar surface area (TPSA) is 601 Å². The van der Waals surface area contributed by atoms with Crippen molar-refractivity contribution in [3.63, 3.8) is 0 Å². The zero-order valence-electron chi connectivity index (χ0n) is 65.4. The summed E-state index contributed by atoms with van der Waals surface area (Å²) in [6.45, 7) is 21.9. The molecule has 8 amide bonds. The molecule has 115 heavy (non-hydrogen) atoms. The Kier molecular flexibility index (Phi) is 31.9. The summed E-state index contributed by atoms with van der Waals surface area (Å²) in [6.07, 6.45) is -1.72. The number of aliphatic imine (C=N–C) groups is 2. The van der Waals surface area contributed by atoms with Crippen LogP contribution in [-0.2, 0) is 23.7 Å². The van der Waals surface area contributed by atoms with Crippen molar-refractivity contribution in [3.8, 4) is 0 Å². The predicted molar refractivity (Wildman–Crippen MR) is 431 cm³/mol. The number of alkyl carbamates (subject to hydrolysis) is 3. The van der Waals surface area contributed by atoms with E-state index in [1.807, 2.05) is 0 Å². The monoisotopic (exact) mass is 1590 g/mol. The van der Waals surface area contributed by atoms with Gasteiger partial charge in [0, 0.05) is 89.0 Å². The number of benzene rings is 5. The number of Topliss-reactive ketones (excluding diaryl/α,β-unsaturated/α-hetero) is 1. The molecule has 5 aromatic carbocycles. The minimum Gasteiger partial charge on any atom is -0.477 e. The Labute approximate surface area is 658 Å². The minimum absolute atomic E-state index is 0.00536. The van der Waals surface area contributed by atoms with E-state index in [0.717, 1.165) is 21.8 Å². The van der Waals surface area contributed by atoms with Gasteiger partial charge in [-0.2, -0.15) is 0 Å². The molecule has 0 radical (unpaired) electrons. The molecular weight excluding hydrogens is 1490 g/mol. The average molecular weight is 1590 g/mol. The summed E-state index contributed by atoms with van der Waals surface area (Å²) in [4.78, 5) is 163. The number of aromatic amines is 5. The number of aromatic carboxylic acids is 1. The average Bonchev–Trinajstić information content (AvgIpc) is 1.70. The van der Waals surface area contributed by atoms with E-state index in [1.165, 1.54) is 13.0 Å². The summed E-state index contributed by atoms with van der Waals surface area (Å²) in [5.74, 6) is -3.85. The Morgan fingerprint density at radius 3 is 1.19 bits per heavy atom. The van der Waals surface area contributed by atoms with E-state index < -0.39 is 52.9 Å². The van der Waals surface area contributed by atoms with Crippen molar-refractivity contribution in [1.29, 1.82) is 0 Å². The minimum atomic E-state index is -1.07. The fourth-order valence-electron chi connectivity index (χ4n) is 9.95. The fourth-order valence-corrected chi connectivity index (χ4v) is 9.95. The smallest absolute Gasteiger partial charge is 0.409 e. The number of carbonyl (C=O) groups is 12. The van der Waals surface area contributed by atoms with Crippen molar-refractivity contribution in [1.82, 2.24) is 62.1 Å². The third-order valence-electron chi connectivity index (χ3n) is 14.9. The molecule has 24 N–H and O–H groups in total. The standard InChI is InChI=1S/C24H27N11O3.C18H23N3O5.C16H19N3O5.C13H13NO3.C6H14N2O2/c25-23(26)30-6-5-29-21(37)18-8-12-1-3-15(10-17(12)35-18)33-22(38)19-9-14-7-13(2-4-16(14)34-19)20(36)31-11-32-24(27)28;1-5-25-16(23)14-9-12-8-11(6-7-13(12)21-14)15(22)19-10-20-17(24)26-18(2,3)4;1-16(2,3)24-15(23)18-8-17-13(20)9-4-5-11-10(6-9)7-12(19-11)14(21)22;1-3-17-13(16)12-7-10-6-9(8(2)15)4-5-11(10)14-12;1-6(2,3)10-5(9)8-4-7/h1-4,7-10,34-35H,5-6,11H2,(H,29,37)(H,31,36)(H,33,38)(H4,25,26,30)(H4,27,28,32);6-9,21H,5,10H2,1-4H3,(H,19,22)(H,20,24);4-7,19H,8H2,1-3H3,(H,17,20)(H,18,23)(H,21,22);4-7,14H,3H2,1-2H3;4,7H2,1-3H3,(H,8,9). The second-order valence-electron chi connectivity index (χ2n) is 27.6. The van der Waals surface area contributed by atoms with Crippen molar-refractivity contribution in [2.45, 2.75) is 99.9 Å². The fraction of sp³-hybridized carbons (Fsp3) is 0.299. The molecule has 0 spiro atoms. The molecule has 5 heterocycles. The van der Waals surface area contributed by atoms with Gasteiger partial charge in [0.2, 0.25) is 0 Å². The number of carboxylic acid groups (broad SMARTS) is 1. The number of guanidine groups is 2. The second-order valence-corrected chi connectivity index (χ2v) is 27.6. The van der Waals surface area contributed by atoms with Crippen LogP contribution in [0.4, 0.5) is 20.1 Å². The lowest BCUT2D eigenvalue weighted by Gasteiger charge is -2.19. The first-order chi connectivity index (χ1) is 54.1. The number of H-pyrrole nitrogens is 5. The summed E-state index contributed by atoms with van der Waals surface area (Å²) < 4.78 is 24.8. The quantitative estimate of drug-likeness (QED) is 0.00594. The van der Waals surface area contributed by atoms with Crippen molar-refractivity contribution in [2.75, 3.05) is 58.3 Å². The van der Waals surface area contributed by atoms with E-state index in [-0.39, 0.29) is 99.4 Å². The maximum absolute atomic E-state index is 12.9. The van der Waals surface area contributed by atoms with E-state index in [0.29, 0.717) is 90.0 Å². The highest BCUT2D eigenvalue weighted by Crippen LogP contribution is 2.25. The number of nitrogens with zero attached hydrogens (tertiary/aromatic N) is 2. The number of aromatic nitrogens is 5. The number of hydrogen-bond acceptors (Lipinski definition) is 20. The third-order valence-corrected chi connectivity index (χ3v) is 14.9. The maximum atomic E-state index is 12.9. The first kappa shape index (κ1) is 89.4. The van der Waals surface area contributed by atoms with Gasteiger partial charge in [-0.05, 0) is 198 Å². The van der Waals surface area contributed by atoms with Gasteiger partial charge in [-0.15, -0.1) is 0 Å². The molecular formula is C77H96N20O18.